The number of aromatic nitrogens is 2. The van der Waals surface area contributed by atoms with Crippen LogP contribution >= 0.6 is 11.6 Å². The molecule has 0 radical (unpaired) electrons. The highest BCUT2D eigenvalue weighted by molar-refractivity contribution is 7.90. The summed E-state index contributed by atoms with van der Waals surface area (Å²) in [6.07, 6.45) is 7.44. The van der Waals surface area contributed by atoms with Gasteiger partial charge in [0.05, 0.1) is 40.0 Å². The van der Waals surface area contributed by atoms with Crippen LogP contribution in [0.3, 0.4) is 0 Å². The van der Waals surface area contributed by atoms with Crippen LogP contribution in [0, 0.1) is 21.4 Å². The minimum absolute atomic E-state index is 0.0180. The summed E-state index contributed by atoms with van der Waals surface area (Å²) in [5, 5.41) is 13.7. The molecule has 0 bridgehead atoms. The minimum Gasteiger partial charge on any atom is -0.493 e. The summed E-state index contributed by atoms with van der Waals surface area (Å²) in [6.45, 7) is 8.43. The number of rotatable bonds is 13. The number of nitrogens with zero attached hydrogens (tertiary/aromatic N) is 4. The van der Waals surface area contributed by atoms with Gasteiger partial charge in [-0.15, -0.1) is 0 Å². The van der Waals surface area contributed by atoms with Crippen molar-refractivity contribution in [2.75, 3.05) is 57.0 Å². The lowest BCUT2D eigenvalue weighted by molar-refractivity contribution is -0.386. The molecule has 2 aromatic heterocycles. The first kappa shape index (κ1) is 44.1. The number of sulfonamides is 2. The van der Waals surface area contributed by atoms with E-state index in [-0.39, 0.29) is 47.6 Å². The number of carbonyl (C=O) groups excluding carboxylic acids is 1. The molecule has 2 aliphatic heterocycles. The van der Waals surface area contributed by atoms with Crippen molar-refractivity contribution in [3.05, 3.63) is 117 Å². The zero-order valence-corrected chi connectivity index (χ0v) is 37.4. The smallest absolute Gasteiger partial charge is 0.277 e. The maximum Gasteiger partial charge on any atom is 0.277 e. The first-order valence-corrected chi connectivity index (χ1v) is 24.3. The highest BCUT2D eigenvalue weighted by atomic mass is 35.5. The number of ether oxygens (including phenoxy) is 2. The Hall–Kier alpha value is -5.53. The molecule has 16 nitrogen and oxygen atoms in total. The van der Waals surface area contributed by atoms with Gasteiger partial charge in [-0.1, -0.05) is 43.2 Å². The normalized spacial score (nSPS) is 18.2. The molecule has 1 saturated heterocycles. The van der Waals surface area contributed by atoms with Crippen molar-refractivity contribution < 1.29 is 36.0 Å². The molecule has 0 unspecified atom stereocenters. The fourth-order valence-electron chi connectivity index (χ4n) is 8.43. The summed E-state index contributed by atoms with van der Waals surface area (Å²) in [6, 6.07) is 18.6. The third kappa shape index (κ3) is 10.3. The second kappa shape index (κ2) is 17.6. The van der Waals surface area contributed by atoms with Crippen LogP contribution in [0.5, 0.6) is 17.2 Å². The predicted octanol–water partition coefficient (Wildman–Crippen LogP) is 6.92. The number of aromatic amines is 1. The monoisotopic (exact) mass is 917 g/mol. The van der Waals surface area contributed by atoms with Crippen LogP contribution in [0.4, 0.5) is 11.4 Å². The van der Waals surface area contributed by atoms with Gasteiger partial charge >= 0.3 is 0 Å². The quantitative estimate of drug-likeness (QED) is 0.0813. The molecule has 0 spiro atoms. The van der Waals surface area contributed by atoms with Crippen molar-refractivity contribution in [3.63, 3.8) is 0 Å². The number of H-pyrrole nitrogens is 1. The van der Waals surface area contributed by atoms with Crippen LogP contribution in [-0.2, 0) is 26.5 Å². The number of amides is 1. The van der Waals surface area contributed by atoms with Crippen LogP contribution in [0.1, 0.15) is 54.6 Å². The SMILES string of the molecule is CC1(C)CCC(CN2CCN(c3ccc(C(=O)NS(=O)(=O)c4cc5c(c([N+](=O)[O-])c4)C[C@@H](CNS(C)(=O)=O)CO5)c(Oc4cnc5[nH]ccc5c4)c3)CC2)=C(c2ccc(Cl)cc2)C1. The highest BCUT2D eigenvalue weighted by Gasteiger charge is 2.33. The number of nitro benzene ring substituents is 1. The average Bonchev–Trinajstić information content (AvgIpc) is 3.71. The third-order valence-corrected chi connectivity index (χ3v) is 14.1. The number of anilines is 1. The largest absolute Gasteiger partial charge is 0.493 e. The van der Waals surface area contributed by atoms with Gasteiger partial charge in [0.1, 0.15) is 22.9 Å². The fraction of sp³-hybridized carbons (Fsp3) is 0.364. The van der Waals surface area contributed by atoms with Gasteiger partial charge in [0.2, 0.25) is 10.0 Å². The number of fused-ring (bicyclic) bond motifs is 2. The number of hydrogen-bond acceptors (Lipinski definition) is 12. The van der Waals surface area contributed by atoms with Gasteiger partial charge in [0.25, 0.3) is 21.6 Å². The van der Waals surface area contributed by atoms with Crippen LogP contribution in [0.25, 0.3) is 16.6 Å². The topological polar surface area (TPSA) is 206 Å². The van der Waals surface area contributed by atoms with E-state index in [2.05, 4.69) is 55.2 Å². The van der Waals surface area contributed by atoms with E-state index in [0.717, 1.165) is 68.4 Å². The number of allylic oxidation sites excluding steroid dienone is 1. The molecular formula is C44H48ClN7O9S2. The van der Waals surface area contributed by atoms with Gasteiger partial charge in [-0.3, -0.25) is 19.8 Å². The Balaban J connectivity index is 1.02. The van der Waals surface area contributed by atoms with Crippen LogP contribution in [0.2, 0.25) is 5.02 Å². The van der Waals surface area contributed by atoms with Gasteiger partial charge in [-0.2, -0.15) is 0 Å². The van der Waals surface area contributed by atoms with Gasteiger partial charge in [0.15, 0.2) is 0 Å². The molecule has 8 rings (SSSR count). The Labute approximate surface area is 370 Å². The average molecular weight is 918 g/mol. The first-order chi connectivity index (χ1) is 29.9. The zero-order chi connectivity index (χ0) is 44.7. The van der Waals surface area contributed by atoms with E-state index >= 15 is 0 Å². The second-order valence-corrected chi connectivity index (χ2v) is 21.1. The lowest BCUT2D eigenvalue weighted by atomic mass is 9.72. The number of halogens is 1. The summed E-state index contributed by atoms with van der Waals surface area (Å²) >= 11 is 6.23. The molecule has 5 aromatic rings. The molecule has 3 N–H and O–H groups in total. The number of nitrogens with one attached hydrogen (secondary N) is 3. The summed E-state index contributed by atoms with van der Waals surface area (Å²) in [7, 11) is -8.23. The zero-order valence-electron chi connectivity index (χ0n) is 35.0. The van der Waals surface area contributed by atoms with E-state index < -0.39 is 47.4 Å². The van der Waals surface area contributed by atoms with Crippen molar-refractivity contribution in [2.45, 2.75) is 44.4 Å². The number of hydrogen-bond donors (Lipinski definition) is 3. The summed E-state index contributed by atoms with van der Waals surface area (Å²) in [4.78, 5) is 37.0. The van der Waals surface area contributed by atoms with Crippen LogP contribution in [0.15, 0.2) is 89.6 Å². The Morgan fingerprint density at radius 1 is 1.05 bits per heavy atom. The van der Waals surface area contributed by atoms with Crippen molar-refractivity contribution in [2.24, 2.45) is 11.3 Å². The number of pyridine rings is 1. The molecule has 1 atom stereocenters. The number of benzene rings is 3. The van der Waals surface area contributed by atoms with E-state index in [1.807, 2.05) is 18.2 Å². The van der Waals surface area contributed by atoms with E-state index in [1.165, 1.54) is 29.0 Å². The van der Waals surface area contributed by atoms with Crippen LogP contribution < -0.4 is 23.8 Å². The Morgan fingerprint density at radius 2 is 1.81 bits per heavy atom. The molecule has 332 valence electrons. The molecule has 1 fully saturated rings. The minimum atomic E-state index is -4.70. The van der Waals surface area contributed by atoms with Crippen molar-refractivity contribution in [1.29, 1.82) is 0 Å². The fourth-order valence-corrected chi connectivity index (χ4v) is 10.1. The molecule has 1 aliphatic carbocycles. The molecule has 4 heterocycles. The van der Waals surface area contributed by atoms with Crippen molar-refractivity contribution in [3.8, 4) is 17.2 Å². The number of carbonyl (C=O) groups is 1. The van der Waals surface area contributed by atoms with Gasteiger partial charge < -0.3 is 19.4 Å². The molecule has 63 heavy (non-hydrogen) atoms. The molecular weight excluding hydrogens is 870 g/mol. The predicted molar refractivity (Wildman–Crippen MR) is 241 cm³/mol. The van der Waals surface area contributed by atoms with Crippen molar-refractivity contribution in [1.82, 2.24) is 24.3 Å². The summed E-state index contributed by atoms with van der Waals surface area (Å²) in [5.41, 5.74) is 5.16. The van der Waals surface area contributed by atoms with Crippen LogP contribution in [-0.4, -0.2) is 94.7 Å². The van der Waals surface area contributed by atoms with E-state index in [4.69, 9.17) is 21.1 Å². The summed E-state index contributed by atoms with van der Waals surface area (Å²) < 4.78 is 67.3. The maximum atomic E-state index is 14.0. The van der Waals surface area contributed by atoms with E-state index in [1.54, 1.807) is 24.4 Å². The molecule has 19 heteroatoms. The second-order valence-electron chi connectivity index (χ2n) is 17.2. The Morgan fingerprint density at radius 3 is 2.54 bits per heavy atom. The maximum absolute atomic E-state index is 14.0. The summed E-state index contributed by atoms with van der Waals surface area (Å²) in [5.74, 6) is -1.11. The molecule has 1 amide bonds. The molecule has 3 aromatic carbocycles. The Kier molecular flexibility index (Phi) is 12.3. The first-order valence-electron chi connectivity index (χ1n) is 20.5. The van der Waals surface area contributed by atoms with Crippen molar-refractivity contribution >= 4 is 65.5 Å². The van der Waals surface area contributed by atoms with Gasteiger partial charge in [-0.05, 0) is 78.6 Å². The number of nitro groups is 1. The third-order valence-electron chi connectivity index (χ3n) is 11.8. The lowest BCUT2D eigenvalue weighted by Crippen LogP contribution is -2.47. The number of piperazine rings is 1. The van der Waals surface area contributed by atoms with Gasteiger partial charge in [0, 0.05) is 85.7 Å². The highest BCUT2D eigenvalue weighted by Crippen LogP contribution is 2.44. The molecule has 0 saturated carbocycles. The van der Waals surface area contributed by atoms with Gasteiger partial charge in [-0.25, -0.2) is 31.3 Å². The van der Waals surface area contributed by atoms with E-state index in [0.29, 0.717) is 29.5 Å². The molecule has 3 aliphatic rings. The lowest BCUT2D eigenvalue weighted by Gasteiger charge is -2.39. The standard InChI is InChI=1S/C44H48ClN7O9S2/c1-44(2)12-10-31(38(23-44)29-4-6-32(45)7-5-29)26-50-14-16-51(17-15-50)33-8-9-36(41(20-33)61-34-19-30-11-13-46-42(30)47-25-34)43(53)49-63(58,59)35-21-39(52(54)55)37-18-28(24-48-62(3,56)57)27-60-40(37)22-35/h4-9,11,13,19-22,25,28,48H,10,12,14-18,23-24,26-27H2,1-3H3,(H,46,47)(H,49,53)/t28-/m0/s1. The Bertz CT molecular complexity index is 2840. The van der Waals surface area contributed by atoms with E-state index in [9.17, 15) is 31.7 Å².